The van der Waals surface area contributed by atoms with Crippen molar-refractivity contribution in [3.8, 4) is 17.2 Å². The number of nitrogen functional groups attached to an aromatic ring is 1. The summed E-state index contributed by atoms with van der Waals surface area (Å²) in [5.74, 6) is 1.88. The van der Waals surface area contributed by atoms with Gasteiger partial charge >= 0.3 is 0 Å². The first-order valence-corrected chi connectivity index (χ1v) is 7.30. The first kappa shape index (κ1) is 13.6. The van der Waals surface area contributed by atoms with Crippen LogP contribution in [0.1, 0.15) is 16.3 Å². The standard InChI is InChI=1S/C15H15N3O2S/c1-9-7-11(14(16)21-9)15-17-13(18-20-15)8-10-5-3-4-6-12(10)19-2/h3-7H,8,16H2,1-2H3. The van der Waals surface area contributed by atoms with Crippen molar-refractivity contribution in [1.82, 2.24) is 10.1 Å². The van der Waals surface area contributed by atoms with Gasteiger partial charge in [0.15, 0.2) is 5.82 Å². The molecule has 3 rings (SSSR count). The van der Waals surface area contributed by atoms with Gasteiger partial charge in [-0.3, -0.25) is 0 Å². The van der Waals surface area contributed by atoms with E-state index >= 15 is 0 Å². The molecule has 0 spiro atoms. The van der Waals surface area contributed by atoms with E-state index < -0.39 is 0 Å². The van der Waals surface area contributed by atoms with Gasteiger partial charge < -0.3 is 15.0 Å². The van der Waals surface area contributed by atoms with Crippen molar-refractivity contribution in [2.75, 3.05) is 12.8 Å². The molecule has 0 unspecified atom stereocenters. The second-order valence-corrected chi connectivity index (χ2v) is 5.93. The molecule has 0 fully saturated rings. The fourth-order valence-electron chi connectivity index (χ4n) is 2.15. The Balaban J connectivity index is 1.87. The molecule has 0 aliphatic rings. The van der Waals surface area contributed by atoms with Crippen molar-refractivity contribution >= 4 is 16.3 Å². The van der Waals surface area contributed by atoms with Crippen LogP contribution in [0.2, 0.25) is 0 Å². The van der Waals surface area contributed by atoms with Crippen LogP contribution < -0.4 is 10.5 Å². The molecule has 0 atom stereocenters. The zero-order valence-electron chi connectivity index (χ0n) is 11.8. The molecule has 0 saturated heterocycles. The summed E-state index contributed by atoms with van der Waals surface area (Å²) in [6, 6.07) is 9.74. The fraction of sp³-hybridized carbons (Fsp3) is 0.200. The van der Waals surface area contributed by atoms with Gasteiger partial charge in [0.05, 0.1) is 17.7 Å². The minimum Gasteiger partial charge on any atom is -0.496 e. The average Bonchev–Trinajstić information content (AvgIpc) is 3.06. The Morgan fingerprint density at radius 2 is 2.14 bits per heavy atom. The highest BCUT2D eigenvalue weighted by molar-refractivity contribution is 7.16. The number of para-hydroxylation sites is 1. The summed E-state index contributed by atoms with van der Waals surface area (Å²) in [6.45, 7) is 2.00. The van der Waals surface area contributed by atoms with Crippen LogP contribution in [0.5, 0.6) is 5.75 Å². The van der Waals surface area contributed by atoms with Gasteiger partial charge in [-0.15, -0.1) is 11.3 Å². The number of thiophene rings is 1. The van der Waals surface area contributed by atoms with Crippen molar-refractivity contribution in [3.63, 3.8) is 0 Å². The number of nitrogens with two attached hydrogens (primary N) is 1. The lowest BCUT2D eigenvalue weighted by molar-refractivity contribution is 0.408. The molecule has 0 bridgehead atoms. The van der Waals surface area contributed by atoms with E-state index in [-0.39, 0.29) is 0 Å². The predicted octanol–water partition coefficient (Wildman–Crippen LogP) is 3.29. The molecule has 2 heterocycles. The molecule has 0 amide bonds. The van der Waals surface area contributed by atoms with E-state index in [1.165, 1.54) is 11.3 Å². The molecule has 1 aromatic carbocycles. The van der Waals surface area contributed by atoms with Gasteiger partial charge in [0.1, 0.15) is 5.75 Å². The molecule has 2 N–H and O–H groups in total. The van der Waals surface area contributed by atoms with Gasteiger partial charge in [0.25, 0.3) is 5.89 Å². The number of aryl methyl sites for hydroxylation is 1. The number of hydrogen-bond acceptors (Lipinski definition) is 6. The number of rotatable bonds is 4. The minimum absolute atomic E-state index is 0.460. The molecule has 0 aliphatic heterocycles. The zero-order valence-corrected chi connectivity index (χ0v) is 12.6. The third kappa shape index (κ3) is 2.75. The molecule has 21 heavy (non-hydrogen) atoms. The van der Waals surface area contributed by atoms with E-state index in [1.54, 1.807) is 7.11 Å². The van der Waals surface area contributed by atoms with Crippen LogP contribution >= 0.6 is 11.3 Å². The second-order valence-electron chi connectivity index (χ2n) is 4.64. The number of anilines is 1. The Kier molecular flexibility index (Phi) is 3.62. The van der Waals surface area contributed by atoms with E-state index in [1.807, 2.05) is 37.3 Å². The minimum atomic E-state index is 0.460. The van der Waals surface area contributed by atoms with Crippen molar-refractivity contribution in [3.05, 3.63) is 46.6 Å². The molecule has 5 nitrogen and oxygen atoms in total. The maximum Gasteiger partial charge on any atom is 0.260 e. The van der Waals surface area contributed by atoms with Crippen LogP contribution in [-0.2, 0) is 6.42 Å². The first-order chi connectivity index (χ1) is 10.2. The van der Waals surface area contributed by atoms with Crippen molar-refractivity contribution in [2.24, 2.45) is 0 Å². The Labute approximate surface area is 126 Å². The van der Waals surface area contributed by atoms with Crippen LogP contribution in [0.4, 0.5) is 5.00 Å². The van der Waals surface area contributed by atoms with Gasteiger partial charge in [0.2, 0.25) is 0 Å². The fourth-order valence-corrected chi connectivity index (χ4v) is 2.93. The Bertz CT molecular complexity index is 764. The predicted molar refractivity (Wildman–Crippen MR) is 82.6 cm³/mol. The van der Waals surface area contributed by atoms with E-state index in [2.05, 4.69) is 10.1 Å². The van der Waals surface area contributed by atoms with Crippen LogP contribution in [0, 0.1) is 6.92 Å². The topological polar surface area (TPSA) is 74.2 Å². The highest BCUT2D eigenvalue weighted by atomic mass is 32.1. The van der Waals surface area contributed by atoms with Crippen molar-refractivity contribution in [2.45, 2.75) is 13.3 Å². The van der Waals surface area contributed by atoms with Crippen molar-refractivity contribution in [1.29, 1.82) is 0 Å². The summed E-state index contributed by atoms with van der Waals surface area (Å²) in [4.78, 5) is 5.54. The highest BCUT2D eigenvalue weighted by Crippen LogP contribution is 2.32. The summed E-state index contributed by atoms with van der Waals surface area (Å²) < 4.78 is 10.6. The lowest BCUT2D eigenvalue weighted by Gasteiger charge is -2.04. The molecular weight excluding hydrogens is 286 g/mol. The van der Waals surface area contributed by atoms with Gasteiger partial charge in [-0.25, -0.2) is 0 Å². The quantitative estimate of drug-likeness (QED) is 0.800. The molecule has 0 aliphatic carbocycles. The summed E-state index contributed by atoms with van der Waals surface area (Å²) in [5.41, 5.74) is 7.77. The molecule has 3 aromatic rings. The van der Waals surface area contributed by atoms with Gasteiger partial charge in [-0.1, -0.05) is 23.4 Å². The Hall–Kier alpha value is -2.34. The number of aromatic nitrogens is 2. The SMILES string of the molecule is COc1ccccc1Cc1noc(-c2cc(C)sc2N)n1. The molecule has 0 saturated carbocycles. The summed E-state index contributed by atoms with van der Waals surface area (Å²) in [7, 11) is 1.65. The van der Waals surface area contributed by atoms with Gasteiger partial charge in [-0.05, 0) is 19.1 Å². The Morgan fingerprint density at radius 3 is 2.86 bits per heavy atom. The molecule has 6 heteroatoms. The number of hydrogen-bond donors (Lipinski definition) is 1. The molecule has 2 aromatic heterocycles. The third-order valence-corrected chi connectivity index (χ3v) is 4.00. The van der Waals surface area contributed by atoms with E-state index in [9.17, 15) is 0 Å². The number of benzene rings is 1. The lowest BCUT2D eigenvalue weighted by atomic mass is 10.1. The summed E-state index contributed by atoms with van der Waals surface area (Å²) >= 11 is 1.51. The normalized spacial score (nSPS) is 10.8. The first-order valence-electron chi connectivity index (χ1n) is 6.48. The Morgan fingerprint density at radius 1 is 1.33 bits per heavy atom. The summed E-state index contributed by atoms with van der Waals surface area (Å²) in [6.07, 6.45) is 0.552. The largest absolute Gasteiger partial charge is 0.496 e. The monoisotopic (exact) mass is 301 g/mol. The maximum atomic E-state index is 5.95. The van der Waals surface area contributed by atoms with E-state index in [0.29, 0.717) is 23.1 Å². The van der Waals surface area contributed by atoms with Crippen LogP contribution in [-0.4, -0.2) is 17.3 Å². The average molecular weight is 301 g/mol. The zero-order chi connectivity index (χ0) is 14.8. The van der Waals surface area contributed by atoms with Crippen LogP contribution in [0.25, 0.3) is 11.5 Å². The van der Waals surface area contributed by atoms with Gasteiger partial charge in [-0.2, -0.15) is 4.98 Å². The van der Waals surface area contributed by atoms with Crippen molar-refractivity contribution < 1.29 is 9.26 Å². The smallest absolute Gasteiger partial charge is 0.260 e. The molecular formula is C15H15N3O2S. The molecule has 0 radical (unpaired) electrons. The second kappa shape index (κ2) is 5.57. The van der Waals surface area contributed by atoms with E-state index in [0.717, 1.165) is 21.8 Å². The number of nitrogens with zero attached hydrogens (tertiary/aromatic N) is 2. The van der Waals surface area contributed by atoms with Crippen LogP contribution in [0.3, 0.4) is 0 Å². The number of methoxy groups -OCH3 is 1. The number of ether oxygens (including phenoxy) is 1. The molecule has 108 valence electrons. The highest BCUT2D eigenvalue weighted by Gasteiger charge is 2.15. The third-order valence-electron chi connectivity index (χ3n) is 3.12. The van der Waals surface area contributed by atoms with Crippen LogP contribution in [0.15, 0.2) is 34.9 Å². The lowest BCUT2D eigenvalue weighted by Crippen LogP contribution is -1.95. The van der Waals surface area contributed by atoms with Gasteiger partial charge in [0, 0.05) is 16.9 Å². The van der Waals surface area contributed by atoms with E-state index in [4.69, 9.17) is 15.0 Å². The summed E-state index contributed by atoms with van der Waals surface area (Å²) in [5, 5.41) is 4.72. The maximum absolute atomic E-state index is 5.95.